The normalized spacial score (nSPS) is 9.68. The van der Waals surface area contributed by atoms with Crippen LogP contribution in [0.15, 0.2) is 0 Å². The van der Waals surface area contributed by atoms with Crippen LogP contribution in [0.25, 0.3) is 0 Å². The molecule has 0 aromatic heterocycles. The van der Waals surface area contributed by atoms with Gasteiger partial charge in [0.25, 0.3) is 0 Å². The van der Waals surface area contributed by atoms with E-state index in [-0.39, 0.29) is 25.3 Å². The number of hydrogen-bond donors (Lipinski definition) is 2. The molecule has 0 saturated carbocycles. The van der Waals surface area contributed by atoms with Crippen LogP contribution in [0.5, 0.6) is 0 Å². The first-order valence-corrected chi connectivity index (χ1v) is 10.1. The van der Waals surface area contributed by atoms with Crippen LogP contribution in [0.1, 0.15) is 117 Å². The summed E-state index contributed by atoms with van der Waals surface area (Å²) in [7, 11) is 0. The van der Waals surface area contributed by atoms with Gasteiger partial charge in [-0.1, -0.05) is 90.9 Å². The van der Waals surface area contributed by atoms with Crippen molar-refractivity contribution in [3.63, 3.8) is 0 Å². The van der Waals surface area contributed by atoms with Crippen LogP contribution < -0.4 is 11.5 Å². The minimum absolute atomic E-state index is 0. The number of amides is 2. The van der Waals surface area contributed by atoms with Crippen molar-refractivity contribution in [2.45, 2.75) is 117 Å². The number of carbonyl (C=O) groups excluding carboxylic acids is 2. The Balaban J connectivity index is -0.000000372. The fourth-order valence-electron chi connectivity index (χ4n) is 2.51. The molecule has 0 atom stereocenters. The number of unbranched alkanes of at least 4 members (excludes halogenated alkanes) is 12. The maximum atomic E-state index is 10.4. The Morgan fingerprint density at radius 3 is 1.00 bits per heavy atom. The van der Waals surface area contributed by atoms with Crippen LogP contribution in [0.2, 0.25) is 0 Å². The molecule has 0 aromatic carbocycles. The maximum Gasteiger partial charge on any atom is 0.217 e. The Bertz CT molecular complexity index is 259. The number of hydrogen-bond acceptors (Lipinski definition) is 2. The first-order valence-electron chi connectivity index (χ1n) is 10.1. The van der Waals surface area contributed by atoms with Crippen molar-refractivity contribution in [2.24, 2.45) is 11.5 Å². The number of primary amides is 2. The fraction of sp³-hybridized carbons (Fsp3) is 0.900. The second kappa shape index (κ2) is 25.5. The lowest BCUT2D eigenvalue weighted by Crippen LogP contribution is -2.09. The predicted octanol–water partition coefficient (Wildman–Crippen LogP) is 5.34. The van der Waals surface area contributed by atoms with Gasteiger partial charge in [0.15, 0.2) is 0 Å². The predicted molar refractivity (Wildman–Crippen MR) is 114 cm³/mol. The van der Waals surface area contributed by atoms with E-state index in [1.54, 1.807) is 0 Å². The Labute approximate surface area is 163 Å². The Morgan fingerprint density at radius 2 is 0.760 bits per heavy atom. The lowest BCUT2D eigenvalue weighted by Gasteiger charge is -1.98. The fourth-order valence-corrected chi connectivity index (χ4v) is 2.51. The maximum absolute atomic E-state index is 10.4. The zero-order chi connectivity index (χ0) is 18.5. The van der Waals surface area contributed by atoms with Gasteiger partial charge in [0.1, 0.15) is 0 Å². The average molecular weight is 377 g/mol. The van der Waals surface area contributed by atoms with Crippen molar-refractivity contribution in [1.29, 1.82) is 0 Å². The van der Waals surface area contributed by atoms with Crippen LogP contribution >= 0.6 is 13.5 Å². The van der Waals surface area contributed by atoms with Gasteiger partial charge in [-0.05, 0) is 12.8 Å². The molecule has 0 aliphatic rings. The van der Waals surface area contributed by atoms with Crippen molar-refractivity contribution in [2.75, 3.05) is 0 Å². The molecule has 0 radical (unpaired) electrons. The minimum Gasteiger partial charge on any atom is -0.370 e. The molecular weight excluding hydrogens is 332 g/mol. The molecule has 0 fully saturated rings. The van der Waals surface area contributed by atoms with E-state index in [9.17, 15) is 9.59 Å². The van der Waals surface area contributed by atoms with E-state index in [0.717, 1.165) is 25.7 Å². The van der Waals surface area contributed by atoms with Gasteiger partial charge in [-0.2, -0.15) is 13.5 Å². The number of carbonyl (C=O) groups is 2. The molecule has 0 aliphatic heterocycles. The van der Waals surface area contributed by atoms with Gasteiger partial charge < -0.3 is 11.5 Å². The molecule has 0 unspecified atom stereocenters. The van der Waals surface area contributed by atoms with Gasteiger partial charge in [0.2, 0.25) is 11.8 Å². The highest BCUT2D eigenvalue weighted by molar-refractivity contribution is 7.59. The largest absolute Gasteiger partial charge is 0.370 e. The summed E-state index contributed by atoms with van der Waals surface area (Å²) in [5.74, 6) is -0.327. The SMILES string of the molecule is CCCCCCCCCC(N)=O.CCCCCCCCCC(N)=O.S. The Hall–Kier alpha value is -0.710. The molecule has 0 spiro atoms. The van der Waals surface area contributed by atoms with Gasteiger partial charge in [-0.3, -0.25) is 9.59 Å². The third-order valence-electron chi connectivity index (χ3n) is 4.05. The third kappa shape index (κ3) is 35.3. The molecule has 2 amide bonds. The van der Waals surface area contributed by atoms with E-state index in [1.165, 1.54) is 64.2 Å². The zero-order valence-electron chi connectivity index (χ0n) is 16.8. The summed E-state index contributed by atoms with van der Waals surface area (Å²) < 4.78 is 0. The molecule has 152 valence electrons. The highest BCUT2D eigenvalue weighted by Gasteiger charge is 1.95. The summed E-state index contributed by atoms with van der Waals surface area (Å²) in [6.45, 7) is 4.43. The minimum atomic E-state index is -0.163. The van der Waals surface area contributed by atoms with Crippen molar-refractivity contribution < 1.29 is 9.59 Å². The quantitative estimate of drug-likeness (QED) is 0.356. The number of rotatable bonds is 16. The van der Waals surface area contributed by atoms with Crippen LogP contribution in [-0.4, -0.2) is 11.8 Å². The van der Waals surface area contributed by atoms with E-state index >= 15 is 0 Å². The molecule has 4 N–H and O–H groups in total. The molecule has 0 saturated heterocycles. The van der Waals surface area contributed by atoms with Crippen LogP contribution in [0, 0.1) is 0 Å². The molecule has 4 nitrogen and oxygen atoms in total. The summed E-state index contributed by atoms with van der Waals surface area (Å²) in [6, 6.07) is 0. The highest BCUT2D eigenvalue weighted by Crippen LogP contribution is 2.08. The molecular formula is C20H44N2O2S. The first-order chi connectivity index (χ1) is 11.5. The van der Waals surface area contributed by atoms with Gasteiger partial charge in [-0.15, -0.1) is 0 Å². The Kier molecular flexibility index (Phi) is 29.7. The summed E-state index contributed by atoms with van der Waals surface area (Å²) in [4.78, 5) is 20.7. The van der Waals surface area contributed by atoms with Gasteiger partial charge in [-0.25, -0.2) is 0 Å². The standard InChI is InChI=1S/2C10H21NO.H2S/c2*1-2-3-4-5-6-7-8-9-10(11)12;/h2*2-9H2,1H3,(H2,11,12);1H2. The van der Waals surface area contributed by atoms with Crippen molar-refractivity contribution in [3.05, 3.63) is 0 Å². The molecule has 25 heavy (non-hydrogen) atoms. The van der Waals surface area contributed by atoms with Crippen molar-refractivity contribution >= 4 is 25.3 Å². The van der Waals surface area contributed by atoms with Gasteiger partial charge >= 0.3 is 0 Å². The third-order valence-corrected chi connectivity index (χ3v) is 4.05. The molecule has 0 aliphatic carbocycles. The number of nitrogens with two attached hydrogens (primary N) is 2. The van der Waals surface area contributed by atoms with E-state index in [0.29, 0.717) is 12.8 Å². The van der Waals surface area contributed by atoms with Crippen LogP contribution in [-0.2, 0) is 9.59 Å². The smallest absolute Gasteiger partial charge is 0.217 e. The molecule has 5 heteroatoms. The summed E-state index contributed by atoms with van der Waals surface area (Å²) in [5.41, 5.74) is 10.0. The van der Waals surface area contributed by atoms with Gasteiger partial charge in [0, 0.05) is 12.8 Å². The summed E-state index contributed by atoms with van der Waals surface area (Å²) in [5, 5.41) is 0. The van der Waals surface area contributed by atoms with Crippen LogP contribution in [0.3, 0.4) is 0 Å². The molecule has 0 heterocycles. The lowest BCUT2D eigenvalue weighted by molar-refractivity contribution is -0.119. The molecule has 0 rings (SSSR count). The first kappa shape index (κ1) is 29.1. The lowest BCUT2D eigenvalue weighted by atomic mass is 10.1. The topological polar surface area (TPSA) is 86.2 Å². The second-order valence-corrected chi connectivity index (χ2v) is 6.68. The van der Waals surface area contributed by atoms with E-state index in [1.807, 2.05) is 0 Å². The highest BCUT2D eigenvalue weighted by atomic mass is 32.1. The Morgan fingerprint density at radius 1 is 0.520 bits per heavy atom. The monoisotopic (exact) mass is 376 g/mol. The second-order valence-electron chi connectivity index (χ2n) is 6.68. The van der Waals surface area contributed by atoms with Gasteiger partial charge in [0.05, 0.1) is 0 Å². The summed E-state index contributed by atoms with van der Waals surface area (Å²) in [6.07, 6.45) is 18.5. The van der Waals surface area contributed by atoms with E-state index < -0.39 is 0 Å². The van der Waals surface area contributed by atoms with E-state index in [4.69, 9.17) is 11.5 Å². The zero-order valence-corrected chi connectivity index (χ0v) is 17.8. The van der Waals surface area contributed by atoms with E-state index in [2.05, 4.69) is 13.8 Å². The molecule has 0 bridgehead atoms. The van der Waals surface area contributed by atoms with Crippen LogP contribution in [0.4, 0.5) is 0 Å². The summed E-state index contributed by atoms with van der Waals surface area (Å²) >= 11 is 0. The average Bonchev–Trinajstić information content (AvgIpc) is 2.53. The van der Waals surface area contributed by atoms with Crippen molar-refractivity contribution in [1.82, 2.24) is 0 Å². The molecule has 0 aromatic rings. The van der Waals surface area contributed by atoms with Crippen molar-refractivity contribution in [3.8, 4) is 0 Å².